The van der Waals surface area contributed by atoms with Crippen LogP contribution in [0.4, 0.5) is 5.69 Å². The Morgan fingerprint density at radius 1 is 0.833 bits per heavy atom. The Bertz CT molecular complexity index is 2470. The van der Waals surface area contributed by atoms with Crippen molar-refractivity contribution < 1.29 is 38.1 Å². The maximum Gasteiger partial charge on any atom is 0.308 e. The zero-order valence-electron chi connectivity index (χ0n) is 33.6. The molecule has 1 aromatic heterocycles. The second-order valence-corrected chi connectivity index (χ2v) is 15.8. The highest BCUT2D eigenvalue weighted by Crippen LogP contribution is 2.42. The number of hydrogen-bond donors (Lipinski definition) is 1. The molecule has 1 fully saturated rings. The van der Waals surface area contributed by atoms with Gasteiger partial charge in [0.15, 0.2) is 11.5 Å². The lowest BCUT2D eigenvalue weighted by Crippen LogP contribution is -2.52. The van der Waals surface area contributed by atoms with E-state index >= 15 is 9.59 Å². The van der Waals surface area contributed by atoms with Crippen molar-refractivity contribution in [1.82, 2.24) is 14.4 Å². The number of morpholine rings is 1. The van der Waals surface area contributed by atoms with Crippen LogP contribution in [0.2, 0.25) is 0 Å². The van der Waals surface area contributed by atoms with Crippen molar-refractivity contribution in [3.8, 4) is 28.5 Å². The number of primary amides is 1. The molecule has 4 aliphatic rings. The van der Waals surface area contributed by atoms with E-state index < -0.39 is 11.9 Å². The lowest BCUT2D eigenvalue weighted by Gasteiger charge is -2.40. The van der Waals surface area contributed by atoms with Crippen LogP contribution >= 0.6 is 0 Å². The number of carbonyl (C=O) groups is 4. The molecule has 13 nitrogen and oxygen atoms in total. The Morgan fingerprint density at radius 2 is 1.60 bits per heavy atom. The topological polar surface area (TPSA) is 146 Å². The zero-order chi connectivity index (χ0) is 41.3. The Morgan fingerprint density at radius 3 is 2.37 bits per heavy atom. The minimum Gasteiger partial charge on any atom is -0.454 e. The van der Waals surface area contributed by atoms with Crippen LogP contribution in [0.15, 0.2) is 91.0 Å². The number of aromatic nitrogens is 1. The van der Waals surface area contributed by atoms with Crippen LogP contribution in [0.5, 0.6) is 17.2 Å². The van der Waals surface area contributed by atoms with Gasteiger partial charge < -0.3 is 39.0 Å². The van der Waals surface area contributed by atoms with Crippen molar-refractivity contribution in [3.05, 3.63) is 130 Å². The van der Waals surface area contributed by atoms with Crippen LogP contribution in [0.3, 0.4) is 0 Å². The molecule has 9 rings (SSSR count). The third-order valence-corrected chi connectivity index (χ3v) is 11.9. The Hall–Kier alpha value is -6.44. The first-order chi connectivity index (χ1) is 29.2. The van der Waals surface area contributed by atoms with E-state index in [0.717, 1.165) is 55.8 Å². The monoisotopic (exact) mass is 809 g/mol. The number of benzene rings is 4. The molecule has 1 atom stereocenters. The van der Waals surface area contributed by atoms with E-state index in [9.17, 15) is 9.59 Å². The van der Waals surface area contributed by atoms with E-state index in [1.54, 1.807) is 53.4 Å². The summed E-state index contributed by atoms with van der Waals surface area (Å²) in [7, 11) is 0. The zero-order valence-corrected chi connectivity index (χ0v) is 33.6. The molecular formula is C47H47N5O8. The Labute approximate surface area is 348 Å². The fourth-order valence-corrected chi connectivity index (χ4v) is 8.93. The van der Waals surface area contributed by atoms with Crippen LogP contribution in [0.1, 0.15) is 73.2 Å². The van der Waals surface area contributed by atoms with Crippen LogP contribution < -0.4 is 24.8 Å². The van der Waals surface area contributed by atoms with Gasteiger partial charge in [0.2, 0.25) is 12.7 Å². The molecule has 5 heterocycles. The predicted molar refractivity (Wildman–Crippen MR) is 223 cm³/mol. The van der Waals surface area contributed by atoms with Crippen LogP contribution in [-0.4, -0.2) is 83.7 Å². The Balaban J connectivity index is 1.13. The summed E-state index contributed by atoms with van der Waals surface area (Å²) in [6.07, 6.45) is 3.20. The molecule has 3 amide bonds. The summed E-state index contributed by atoms with van der Waals surface area (Å²) in [4.78, 5) is 60.3. The molecule has 0 bridgehead atoms. The average Bonchev–Trinajstić information content (AvgIpc) is 3.90. The highest BCUT2D eigenvalue weighted by atomic mass is 16.7. The van der Waals surface area contributed by atoms with Gasteiger partial charge in [0.05, 0.1) is 30.9 Å². The lowest BCUT2D eigenvalue weighted by molar-refractivity contribution is -0.131. The van der Waals surface area contributed by atoms with Gasteiger partial charge in [-0.2, -0.15) is 0 Å². The van der Waals surface area contributed by atoms with Crippen molar-refractivity contribution in [2.45, 2.75) is 58.3 Å². The summed E-state index contributed by atoms with van der Waals surface area (Å²) < 4.78 is 24.9. The molecule has 2 N–H and O–H groups in total. The van der Waals surface area contributed by atoms with Crippen LogP contribution in [0, 0.1) is 0 Å². The quantitative estimate of drug-likeness (QED) is 0.133. The summed E-state index contributed by atoms with van der Waals surface area (Å²) in [6, 6.07) is 27.5. The highest BCUT2D eigenvalue weighted by Gasteiger charge is 2.36. The smallest absolute Gasteiger partial charge is 0.308 e. The molecule has 0 aliphatic carbocycles. The number of esters is 1. The third-order valence-electron chi connectivity index (χ3n) is 11.9. The number of nitrogens with two attached hydrogens (primary N) is 1. The Kier molecular flexibility index (Phi) is 10.8. The molecule has 60 heavy (non-hydrogen) atoms. The van der Waals surface area contributed by atoms with E-state index in [1.807, 2.05) is 29.2 Å². The molecule has 13 heteroatoms. The van der Waals surface area contributed by atoms with E-state index in [4.69, 9.17) is 24.7 Å². The number of nitrogens with zero attached hydrogens (tertiary/aromatic N) is 4. The molecule has 0 radical (unpaired) electrons. The first-order valence-electron chi connectivity index (χ1n) is 20.5. The van der Waals surface area contributed by atoms with Gasteiger partial charge in [-0.05, 0) is 97.0 Å². The molecule has 5 aromatic rings. The minimum atomic E-state index is -0.568. The number of amides is 3. The normalized spacial score (nSPS) is 17.1. The molecule has 4 aliphatic heterocycles. The first kappa shape index (κ1) is 39.0. The molecule has 0 unspecified atom stereocenters. The van der Waals surface area contributed by atoms with Gasteiger partial charge in [-0.15, -0.1) is 0 Å². The van der Waals surface area contributed by atoms with Crippen LogP contribution in [0.25, 0.3) is 11.3 Å². The maximum absolute atomic E-state index is 15.3. The van der Waals surface area contributed by atoms with Gasteiger partial charge in [0, 0.05) is 73.9 Å². The van der Waals surface area contributed by atoms with E-state index in [2.05, 4.69) is 27.7 Å². The number of rotatable bonds is 10. The van der Waals surface area contributed by atoms with Gasteiger partial charge in [0.1, 0.15) is 5.75 Å². The molecule has 4 aromatic carbocycles. The predicted octanol–water partition coefficient (Wildman–Crippen LogP) is 5.99. The van der Waals surface area contributed by atoms with Gasteiger partial charge in [-0.1, -0.05) is 36.4 Å². The number of anilines is 1. The molecule has 0 saturated carbocycles. The summed E-state index contributed by atoms with van der Waals surface area (Å²) in [5.74, 6) is 0.00346. The number of hydrogen-bond acceptors (Lipinski definition) is 9. The summed E-state index contributed by atoms with van der Waals surface area (Å²) in [5, 5.41) is 0. The molecule has 1 saturated heterocycles. The van der Waals surface area contributed by atoms with Gasteiger partial charge >= 0.3 is 5.97 Å². The maximum atomic E-state index is 15.3. The minimum absolute atomic E-state index is 0.0430. The van der Waals surface area contributed by atoms with Gasteiger partial charge in [0.25, 0.3) is 11.8 Å². The van der Waals surface area contributed by atoms with Crippen molar-refractivity contribution in [2.75, 3.05) is 44.5 Å². The van der Waals surface area contributed by atoms with Crippen molar-refractivity contribution in [3.63, 3.8) is 0 Å². The van der Waals surface area contributed by atoms with Crippen molar-refractivity contribution in [1.29, 1.82) is 0 Å². The molecular weight excluding hydrogens is 763 g/mol. The SMILES string of the molecule is CC(=O)Oc1ccc(N(Cc2cccc(C(N)=O)c2)C(=O)c2cc(-c3cc4c(cc3C(=O)N3Cc5ccccc5C[C@H]3CN3CCOCC3)OCO4)n3c2CCCC3)cc1. The first-order valence-corrected chi connectivity index (χ1v) is 20.5. The number of fused-ring (bicyclic) bond motifs is 3. The second kappa shape index (κ2) is 16.7. The van der Waals surface area contributed by atoms with E-state index in [0.29, 0.717) is 83.5 Å². The number of carbonyl (C=O) groups excluding carboxylic acids is 4. The van der Waals surface area contributed by atoms with Crippen molar-refractivity contribution in [2.24, 2.45) is 5.73 Å². The fraction of sp³-hybridized carbons (Fsp3) is 0.319. The summed E-state index contributed by atoms with van der Waals surface area (Å²) in [6.45, 7) is 6.31. The van der Waals surface area contributed by atoms with E-state index in [1.165, 1.54) is 12.5 Å². The van der Waals surface area contributed by atoms with Crippen molar-refractivity contribution >= 4 is 29.4 Å². The lowest BCUT2D eigenvalue weighted by atomic mass is 9.92. The standard InChI is InChI=1S/C47H47N5O8/c1-30(53)60-37-14-12-35(13-15-37)51(26-31-7-6-10-33(21-31)45(48)54)47(56)40-23-42(50-16-5-4-11-41(40)50)38-24-43-44(59-29-58-43)25-39(38)46(55)52-27-34-9-3-2-8-32(34)22-36(52)28-49-17-19-57-20-18-49/h2-3,6-10,12-15,21,23-25,36H,4-5,11,16-20,22,26-29H2,1H3,(H2,48,54)/t36-/m0/s1. The largest absolute Gasteiger partial charge is 0.454 e. The summed E-state index contributed by atoms with van der Waals surface area (Å²) >= 11 is 0. The average molecular weight is 810 g/mol. The highest BCUT2D eigenvalue weighted by molar-refractivity contribution is 6.09. The number of ether oxygens (including phenoxy) is 4. The van der Waals surface area contributed by atoms with Gasteiger partial charge in [-0.25, -0.2) is 0 Å². The molecule has 0 spiro atoms. The fourth-order valence-electron chi connectivity index (χ4n) is 8.93. The van der Waals surface area contributed by atoms with Crippen LogP contribution in [-0.2, 0) is 42.0 Å². The third kappa shape index (κ3) is 7.85. The second-order valence-electron chi connectivity index (χ2n) is 15.8. The molecule has 308 valence electrons. The van der Waals surface area contributed by atoms with E-state index in [-0.39, 0.29) is 31.2 Å². The summed E-state index contributed by atoms with van der Waals surface area (Å²) in [5.41, 5.74) is 12.9. The van der Waals surface area contributed by atoms with Gasteiger partial charge in [-0.3, -0.25) is 24.1 Å².